The van der Waals surface area contributed by atoms with Crippen molar-refractivity contribution in [2.45, 2.75) is 38.5 Å². The third-order valence-corrected chi connectivity index (χ3v) is 4.60. The van der Waals surface area contributed by atoms with Gasteiger partial charge in [-0.3, -0.25) is 14.9 Å². The Bertz CT molecular complexity index is 313. The molecule has 4 unspecified atom stereocenters. The SMILES string of the molecule is O=C1NC(=O)C2C1CCC1CCCCC12. The molecule has 3 fully saturated rings. The third kappa shape index (κ3) is 1.32. The van der Waals surface area contributed by atoms with E-state index in [0.29, 0.717) is 5.92 Å². The van der Waals surface area contributed by atoms with Gasteiger partial charge in [0, 0.05) is 0 Å². The van der Waals surface area contributed by atoms with Crippen molar-refractivity contribution in [3.63, 3.8) is 0 Å². The number of hydrogen-bond donors (Lipinski definition) is 1. The average molecular weight is 207 g/mol. The first kappa shape index (κ1) is 9.37. The van der Waals surface area contributed by atoms with Crippen LogP contribution >= 0.6 is 0 Å². The standard InChI is InChI=1S/C12H17NO2/c14-11-9-6-5-7-3-1-2-4-8(7)10(9)12(15)13-11/h7-10H,1-6H2,(H,13,14,15). The van der Waals surface area contributed by atoms with Crippen LogP contribution in [0.4, 0.5) is 0 Å². The first-order chi connectivity index (χ1) is 7.27. The summed E-state index contributed by atoms with van der Waals surface area (Å²) in [5.41, 5.74) is 0. The van der Waals surface area contributed by atoms with Gasteiger partial charge in [0.1, 0.15) is 0 Å². The molecule has 1 heterocycles. The quantitative estimate of drug-likeness (QED) is 0.611. The molecule has 0 aromatic rings. The van der Waals surface area contributed by atoms with Crippen LogP contribution in [0.2, 0.25) is 0 Å². The highest BCUT2D eigenvalue weighted by Gasteiger charge is 2.50. The van der Waals surface area contributed by atoms with Crippen LogP contribution in [-0.4, -0.2) is 11.8 Å². The van der Waals surface area contributed by atoms with E-state index in [0.717, 1.165) is 25.2 Å². The van der Waals surface area contributed by atoms with Gasteiger partial charge in [0.05, 0.1) is 11.8 Å². The number of nitrogens with one attached hydrogen (secondary N) is 1. The molecule has 3 rings (SSSR count). The van der Waals surface area contributed by atoms with Crippen molar-refractivity contribution < 1.29 is 9.59 Å². The van der Waals surface area contributed by atoms with Crippen molar-refractivity contribution in [3.05, 3.63) is 0 Å². The first-order valence-corrected chi connectivity index (χ1v) is 6.12. The van der Waals surface area contributed by atoms with Crippen LogP contribution in [0.25, 0.3) is 0 Å². The molecule has 82 valence electrons. The molecule has 0 spiro atoms. The van der Waals surface area contributed by atoms with E-state index in [9.17, 15) is 9.59 Å². The molecule has 3 aliphatic rings. The molecule has 1 aliphatic heterocycles. The van der Waals surface area contributed by atoms with Crippen LogP contribution in [0.3, 0.4) is 0 Å². The van der Waals surface area contributed by atoms with Gasteiger partial charge in [-0.15, -0.1) is 0 Å². The summed E-state index contributed by atoms with van der Waals surface area (Å²) in [5, 5.41) is 2.51. The van der Waals surface area contributed by atoms with Gasteiger partial charge in [-0.25, -0.2) is 0 Å². The van der Waals surface area contributed by atoms with E-state index in [4.69, 9.17) is 0 Å². The van der Waals surface area contributed by atoms with Crippen LogP contribution in [0, 0.1) is 23.7 Å². The maximum absolute atomic E-state index is 11.7. The number of imide groups is 1. The number of fused-ring (bicyclic) bond motifs is 3. The normalized spacial score (nSPS) is 44.5. The highest BCUT2D eigenvalue weighted by atomic mass is 16.2. The van der Waals surface area contributed by atoms with Gasteiger partial charge in [-0.1, -0.05) is 19.3 Å². The van der Waals surface area contributed by atoms with E-state index in [1.807, 2.05) is 0 Å². The highest BCUT2D eigenvalue weighted by Crippen LogP contribution is 2.48. The van der Waals surface area contributed by atoms with Gasteiger partial charge in [0.25, 0.3) is 0 Å². The predicted octanol–water partition coefficient (Wildman–Crippen LogP) is 1.48. The number of carbonyl (C=O) groups excluding carboxylic acids is 2. The van der Waals surface area contributed by atoms with Crippen LogP contribution in [0.5, 0.6) is 0 Å². The molecule has 0 radical (unpaired) electrons. The van der Waals surface area contributed by atoms with E-state index in [1.165, 1.54) is 19.3 Å². The van der Waals surface area contributed by atoms with Gasteiger partial charge in [0.2, 0.25) is 11.8 Å². The fraction of sp³-hybridized carbons (Fsp3) is 0.833. The molecule has 4 atom stereocenters. The summed E-state index contributed by atoms with van der Waals surface area (Å²) >= 11 is 0. The zero-order valence-corrected chi connectivity index (χ0v) is 8.87. The van der Waals surface area contributed by atoms with E-state index in [-0.39, 0.29) is 23.7 Å². The minimum absolute atomic E-state index is 0.00553. The van der Waals surface area contributed by atoms with Gasteiger partial charge in [-0.2, -0.15) is 0 Å². The molecular formula is C12H17NO2. The zero-order valence-electron chi connectivity index (χ0n) is 8.87. The van der Waals surface area contributed by atoms with Gasteiger partial charge >= 0.3 is 0 Å². The van der Waals surface area contributed by atoms with Crippen LogP contribution in [0.1, 0.15) is 38.5 Å². The summed E-state index contributed by atoms with van der Waals surface area (Å²) < 4.78 is 0. The Morgan fingerprint density at radius 3 is 2.60 bits per heavy atom. The minimum atomic E-state index is -0.00553. The second-order valence-corrected chi connectivity index (χ2v) is 5.27. The molecule has 0 aromatic carbocycles. The van der Waals surface area contributed by atoms with Crippen molar-refractivity contribution in [2.75, 3.05) is 0 Å². The number of carbonyl (C=O) groups is 2. The Hall–Kier alpha value is -0.860. The lowest BCUT2D eigenvalue weighted by molar-refractivity contribution is -0.127. The molecule has 3 heteroatoms. The number of hydrogen-bond acceptors (Lipinski definition) is 2. The molecule has 3 nitrogen and oxygen atoms in total. The smallest absolute Gasteiger partial charge is 0.230 e. The summed E-state index contributed by atoms with van der Waals surface area (Å²) in [6.07, 6.45) is 7.08. The lowest BCUT2D eigenvalue weighted by Gasteiger charge is -2.40. The largest absolute Gasteiger partial charge is 0.296 e. The van der Waals surface area contributed by atoms with Crippen LogP contribution in [0.15, 0.2) is 0 Å². The van der Waals surface area contributed by atoms with Crippen molar-refractivity contribution in [2.24, 2.45) is 23.7 Å². The van der Waals surface area contributed by atoms with Crippen molar-refractivity contribution in [1.29, 1.82) is 0 Å². The van der Waals surface area contributed by atoms with E-state index in [1.54, 1.807) is 0 Å². The lowest BCUT2D eigenvalue weighted by Crippen LogP contribution is -2.38. The molecule has 0 bridgehead atoms. The van der Waals surface area contributed by atoms with Gasteiger partial charge < -0.3 is 0 Å². The average Bonchev–Trinajstić information content (AvgIpc) is 2.55. The Labute approximate surface area is 89.6 Å². The summed E-state index contributed by atoms with van der Waals surface area (Å²) in [7, 11) is 0. The topological polar surface area (TPSA) is 46.2 Å². The second kappa shape index (κ2) is 3.32. The molecule has 1 saturated heterocycles. The van der Waals surface area contributed by atoms with E-state index < -0.39 is 0 Å². The molecule has 1 N–H and O–H groups in total. The van der Waals surface area contributed by atoms with Gasteiger partial charge in [0.15, 0.2) is 0 Å². The Morgan fingerprint density at radius 2 is 1.73 bits per heavy atom. The lowest BCUT2D eigenvalue weighted by atomic mass is 9.62. The minimum Gasteiger partial charge on any atom is -0.296 e. The maximum Gasteiger partial charge on any atom is 0.230 e. The highest BCUT2D eigenvalue weighted by molar-refractivity contribution is 6.05. The van der Waals surface area contributed by atoms with Crippen LogP contribution in [-0.2, 0) is 9.59 Å². The number of rotatable bonds is 0. The molecule has 2 amide bonds. The van der Waals surface area contributed by atoms with Crippen molar-refractivity contribution in [3.8, 4) is 0 Å². The van der Waals surface area contributed by atoms with Crippen molar-refractivity contribution in [1.82, 2.24) is 5.32 Å². The summed E-state index contributed by atoms with van der Waals surface area (Å²) in [5.74, 6) is 1.27. The summed E-state index contributed by atoms with van der Waals surface area (Å²) in [4.78, 5) is 23.3. The molecule has 0 aromatic heterocycles. The van der Waals surface area contributed by atoms with E-state index in [2.05, 4.69) is 5.32 Å². The predicted molar refractivity (Wildman–Crippen MR) is 54.8 cm³/mol. The molecule has 2 saturated carbocycles. The Balaban J connectivity index is 1.88. The Morgan fingerprint density at radius 1 is 0.933 bits per heavy atom. The summed E-state index contributed by atoms with van der Waals surface area (Å²) in [6, 6.07) is 0. The van der Waals surface area contributed by atoms with E-state index >= 15 is 0 Å². The molecule has 2 aliphatic carbocycles. The van der Waals surface area contributed by atoms with Crippen LogP contribution < -0.4 is 5.32 Å². The molecular weight excluding hydrogens is 190 g/mol. The zero-order chi connectivity index (χ0) is 10.4. The van der Waals surface area contributed by atoms with Gasteiger partial charge in [-0.05, 0) is 31.1 Å². The third-order valence-electron chi connectivity index (χ3n) is 4.60. The molecule has 15 heavy (non-hydrogen) atoms. The fourth-order valence-electron chi connectivity index (χ4n) is 3.91. The van der Waals surface area contributed by atoms with Crippen molar-refractivity contribution >= 4 is 11.8 Å². The fourth-order valence-corrected chi connectivity index (χ4v) is 3.91. The number of amides is 2. The second-order valence-electron chi connectivity index (χ2n) is 5.27. The summed E-state index contributed by atoms with van der Waals surface area (Å²) in [6.45, 7) is 0. The Kier molecular flexibility index (Phi) is 2.08. The first-order valence-electron chi connectivity index (χ1n) is 6.12. The maximum atomic E-state index is 11.7. The monoisotopic (exact) mass is 207 g/mol.